The van der Waals surface area contributed by atoms with Crippen LogP contribution in [0.4, 0.5) is 26.3 Å². The number of hydrogen-bond donors (Lipinski definition) is 0. The summed E-state index contributed by atoms with van der Waals surface area (Å²) in [5, 5.41) is 1.36. The Bertz CT molecular complexity index is 2480. The molecule has 0 amide bonds. The molecule has 0 fully saturated rings. The van der Waals surface area contributed by atoms with Gasteiger partial charge in [-0.2, -0.15) is 26.3 Å². The van der Waals surface area contributed by atoms with Gasteiger partial charge in [0.1, 0.15) is 17.2 Å². The van der Waals surface area contributed by atoms with Crippen LogP contribution in [0.5, 0.6) is 28.7 Å². The predicted molar refractivity (Wildman–Crippen MR) is 206 cm³/mol. The van der Waals surface area contributed by atoms with Crippen molar-refractivity contribution >= 4 is 16.8 Å². The quantitative estimate of drug-likeness (QED) is 0.144. The maximum Gasteiger partial charge on any atom is 0.416 e. The van der Waals surface area contributed by atoms with Crippen molar-refractivity contribution in [3.05, 3.63) is 154 Å². The summed E-state index contributed by atoms with van der Waals surface area (Å²) < 4.78 is 115. The third kappa shape index (κ3) is 6.11. The van der Waals surface area contributed by atoms with Crippen LogP contribution in [0.15, 0.2) is 109 Å². The standard InChI is InChI=1S/C46H36F6O5/c1-43(25-26-20-29(45(47,48)49)22-30(21-26)46(50,51)52)37-9-7-6-8-33(37)40-35-23-38(55-4)39(56-5)24-36(35)42-34(41(40)43)18-19-44(57-42,27-10-14-31(53-2)15-11-27)28-12-16-32(54-3)17-13-28/h6-24H,25H2,1-5H3. The zero-order valence-corrected chi connectivity index (χ0v) is 31.5. The van der Waals surface area contributed by atoms with E-state index in [0.717, 1.165) is 39.9 Å². The van der Waals surface area contributed by atoms with Crippen molar-refractivity contribution in [2.75, 3.05) is 28.4 Å². The van der Waals surface area contributed by atoms with Gasteiger partial charge in [-0.25, -0.2) is 0 Å². The van der Waals surface area contributed by atoms with Gasteiger partial charge in [-0.3, -0.25) is 0 Å². The van der Waals surface area contributed by atoms with E-state index in [1.54, 1.807) is 14.2 Å². The van der Waals surface area contributed by atoms with Crippen LogP contribution >= 0.6 is 0 Å². The molecule has 0 radical (unpaired) electrons. The van der Waals surface area contributed by atoms with E-state index in [2.05, 4.69) is 0 Å². The molecule has 6 aromatic carbocycles. The van der Waals surface area contributed by atoms with Crippen LogP contribution in [0, 0.1) is 0 Å². The molecule has 0 saturated carbocycles. The number of benzene rings is 6. The first-order chi connectivity index (χ1) is 27.1. The van der Waals surface area contributed by atoms with E-state index >= 15 is 0 Å². The first kappa shape index (κ1) is 37.8. The molecule has 57 heavy (non-hydrogen) atoms. The van der Waals surface area contributed by atoms with Crippen molar-refractivity contribution < 1.29 is 50.0 Å². The molecule has 8 rings (SSSR count). The minimum Gasteiger partial charge on any atom is -0.497 e. The highest BCUT2D eigenvalue weighted by molar-refractivity contribution is 6.09. The lowest BCUT2D eigenvalue weighted by atomic mass is 9.72. The average Bonchev–Trinajstić information content (AvgIpc) is 3.47. The summed E-state index contributed by atoms with van der Waals surface area (Å²) in [4.78, 5) is 0. The highest BCUT2D eigenvalue weighted by Gasteiger charge is 2.47. The van der Waals surface area contributed by atoms with Crippen molar-refractivity contribution in [2.45, 2.75) is 36.7 Å². The van der Waals surface area contributed by atoms with Crippen LogP contribution in [0.1, 0.15) is 51.4 Å². The number of hydrogen-bond acceptors (Lipinski definition) is 5. The SMILES string of the molecule is COc1ccc(C2(c3ccc(OC)cc3)C=Cc3c4c(c5cc(OC)c(OC)cc5c3O2)-c2ccccc2C4(C)Cc2cc(C(F)(F)F)cc(C(F)(F)F)c2)cc1. The lowest BCUT2D eigenvalue weighted by Gasteiger charge is -2.39. The number of methoxy groups -OCH3 is 4. The number of alkyl halides is 6. The van der Waals surface area contributed by atoms with E-state index < -0.39 is 34.5 Å². The third-order valence-corrected chi connectivity index (χ3v) is 11.1. The van der Waals surface area contributed by atoms with Gasteiger partial charge in [0.2, 0.25) is 0 Å². The summed E-state index contributed by atoms with van der Waals surface area (Å²) in [6.07, 6.45) is -6.32. The van der Waals surface area contributed by atoms with Crippen molar-refractivity contribution in [1.29, 1.82) is 0 Å². The van der Waals surface area contributed by atoms with Gasteiger partial charge in [-0.05, 0) is 100 Å². The third-order valence-electron chi connectivity index (χ3n) is 11.1. The van der Waals surface area contributed by atoms with Gasteiger partial charge in [0, 0.05) is 27.5 Å². The Morgan fingerprint density at radius 2 is 1.14 bits per heavy atom. The fourth-order valence-corrected chi connectivity index (χ4v) is 8.50. The Hall–Kier alpha value is -6.10. The lowest BCUT2D eigenvalue weighted by Crippen LogP contribution is -2.35. The summed E-state index contributed by atoms with van der Waals surface area (Å²) in [5.41, 5.74) is -0.0715. The van der Waals surface area contributed by atoms with Gasteiger partial charge in [-0.1, -0.05) is 61.5 Å². The molecule has 0 saturated heterocycles. The van der Waals surface area contributed by atoms with Crippen molar-refractivity contribution in [3.8, 4) is 39.9 Å². The smallest absolute Gasteiger partial charge is 0.416 e. The predicted octanol–water partition coefficient (Wildman–Crippen LogP) is 11.8. The second-order valence-corrected chi connectivity index (χ2v) is 14.3. The molecule has 6 aromatic rings. The topological polar surface area (TPSA) is 46.2 Å². The molecule has 1 atom stereocenters. The van der Waals surface area contributed by atoms with Crippen LogP contribution < -0.4 is 23.7 Å². The number of ether oxygens (including phenoxy) is 5. The zero-order valence-electron chi connectivity index (χ0n) is 31.5. The number of rotatable bonds is 8. The molecular weight excluding hydrogens is 746 g/mol. The highest BCUT2D eigenvalue weighted by Crippen LogP contribution is 2.60. The lowest BCUT2D eigenvalue weighted by molar-refractivity contribution is -0.143. The van der Waals surface area contributed by atoms with Crippen molar-refractivity contribution in [1.82, 2.24) is 0 Å². The molecule has 11 heteroatoms. The van der Waals surface area contributed by atoms with Crippen LogP contribution in [0.3, 0.4) is 0 Å². The van der Waals surface area contributed by atoms with E-state index in [1.165, 1.54) is 14.2 Å². The maximum absolute atomic E-state index is 14.2. The number of fused-ring (bicyclic) bond motifs is 8. The normalized spacial score (nSPS) is 16.7. The Morgan fingerprint density at radius 1 is 0.614 bits per heavy atom. The largest absolute Gasteiger partial charge is 0.497 e. The van der Waals surface area contributed by atoms with Gasteiger partial charge in [0.15, 0.2) is 17.1 Å². The second kappa shape index (κ2) is 13.5. The molecule has 1 aliphatic carbocycles. The molecule has 5 nitrogen and oxygen atoms in total. The average molecular weight is 783 g/mol. The minimum absolute atomic E-state index is 0.116. The molecular formula is C46H36F6O5. The summed E-state index contributed by atoms with van der Waals surface area (Å²) in [6.45, 7) is 1.86. The van der Waals surface area contributed by atoms with Crippen LogP contribution in [0.25, 0.3) is 28.0 Å². The maximum atomic E-state index is 14.2. The highest BCUT2D eigenvalue weighted by atomic mass is 19.4. The molecule has 292 valence electrons. The summed E-state index contributed by atoms with van der Waals surface area (Å²) >= 11 is 0. The fraction of sp³-hybridized carbons (Fsp3) is 0.217. The molecule has 0 spiro atoms. The first-order valence-corrected chi connectivity index (χ1v) is 18.0. The molecule has 1 aliphatic heterocycles. The van der Waals surface area contributed by atoms with Crippen LogP contribution in [-0.4, -0.2) is 28.4 Å². The van der Waals surface area contributed by atoms with E-state index in [9.17, 15) is 26.3 Å². The molecule has 1 heterocycles. The summed E-state index contributed by atoms with van der Waals surface area (Å²) in [5.74, 6) is 2.58. The van der Waals surface area contributed by atoms with E-state index in [0.29, 0.717) is 50.6 Å². The van der Waals surface area contributed by atoms with Gasteiger partial charge in [0.05, 0.1) is 39.6 Å². The molecule has 0 bridgehead atoms. The van der Waals surface area contributed by atoms with Crippen LogP contribution in [0.2, 0.25) is 0 Å². The van der Waals surface area contributed by atoms with E-state index in [-0.39, 0.29) is 18.1 Å². The fourth-order valence-electron chi connectivity index (χ4n) is 8.50. The summed E-state index contributed by atoms with van der Waals surface area (Å²) in [6, 6.07) is 27.9. The molecule has 2 aliphatic rings. The molecule has 0 aromatic heterocycles. The molecule has 0 N–H and O–H groups in total. The monoisotopic (exact) mass is 782 g/mol. The minimum atomic E-state index is -5.00. The Labute approximate surface area is 325 Å². The van der Waals surface area contributed by atoms with Gasteiger partial charge >= 0.3 is 12.4 Å². The van der Waals surface area contributed by atoms with Gasteiger partial charge in [-0.15, -0.1) is 0 Å². The zero-order chi connectivity index (χ0) is 40.5. The van der Waals surface area contributed by atoms with Gasteiger partial charge < -0.3 is 23.7 Å². The van der Waals surface area contributed by atoms with Crippen molar-refractivity contribution in [3.63, 3.8) is 0 Å². The van der Waals surface area contributed by atoms with Crippen LogP contribution in [-0.2, 0) is 29.8 Å². The Balaban J connectivity index is 1.45. The van der Waals surface area contributed by atoms with Crippen molar-refractivity contribution in [2.24, 2.45) is 0 Å². The van der Waals surface area contributed by atoms with Gasteiger partial charge in [0.25, 0.3) is 0 Å². The Kier molecular flexibility index (Phi) is 8.98. The molecule has 1 unspecified atom stereocenters. The summed E-state index contributed by atoms with van der Waals surface area (Å²) in [7, 11) is 6.20. The van der Waals surface area contributed by atoms with E-state index in [1.807, 2.05) is 104 Å². The number of halogens is 6. The first-order valence-electron chi connectivity index (χ1n) is 18.0. The van der Waals surface area contributed by atoms with E-state index in [4.69, 9.17) is 23.7 Å². The second-order valence-electron chi connectivity index (χ2n) is 14.3. The Morgan fingerprint density at radius 3 is 1.65 bits per heavy atom.